The van der Waals surface area contributed by atoms with Gasteiger partial charge < -0.3 is 9.64 Å². The Kier molecular flexibility index (Phi) is 7.90. The molecule has 0 bridgehead atoms. The van der Waals surface area contributed by atoms with Crippen LogP contribution in [-0.2, 0) is 10.8 Å². The standard InChI is InChI=1S/C62H43NO/c1-61(2)53-26-15-20-43-31-36-56(60(59(43)53)49-35-30-44(38-54(49)61)41-18-7-4-8-19-41)63(45-32-28-42(29-33-45)40-16-5-3-6-17-40)46-34-37-58-55(39-46)62(52-25-13-14-27-57(52)64-58)50-23-11-9-21-47(50)48-22-10-12-24-51(48)62/h3-39H,1-2H3. The highest BCUT2D eigenvalue weighted by atomic mass is 16.5. The van der Waals surface area contributed by atoms with Gasteiger partial charge in [0.25, 0.3) is 0 Å². The van der Waals surface area contributed by atoms with E-state index in [1.165, 1.54) is 77.5 Å². The summed E-state index contributed by atoms with van der Waals surface area (Å²) >= 11 is 0. The van der Waals surface area contributed by atoms with Crippen molar-refractivity contribution in [2.75, 3.05) is 4.90 Å². The molecule has 1 heterocycles. The zero-order valence-electron chi connectivity index (χ0n) is 35.7. The van der Waals surface area contributed by atoms with Gasteiger partial charge in [0.2, 0.25) is 0 Å². The van der Waals surface area contributed by atoms with Crippen LogP contribution in [0.3, 0.4) is 0 Å². The first-order valence-electron chi connectivity index (χ1n) is 22.3. The first kappa shape index (κ1) is 36.7. The van der Waals surface area contributed by atoms with Crippen LogP contribution in [0.15, 0.2) is 224 Å². The van der Waals surface area contributed by atoms with Gasteiger partial charge in [-0.1, -0.05) is 190 Å². The SMILES string of the molecule is CC1(C)c2cc(-c3ccccc3)ccc2-c2c(N(c3ccc(-c4ccccc4)cc3)c3ccc4c(c3)C3(c5ccccc5O4)c4ccccc4-c4ccccc43)ccc3cccc1c23. The normalized spacial score (nSPS) is 14.2. The van der Waals surface area contributed by atoms with E-state index in [-0.39, 0.29) is 5.41 Å². The van der Waals surface area contributed by atoms with E-state index in [1.54, 1.807) is 0 Å². The van der Waals surface area contributed by atoms with Crippen LogP contribution in [0.4, 0.5) is 17.1 Å². The molecule has 0 fully saturated rings. The molecule has 302 valence electrons. The second-order valence-electron chi connectivity index (χ2n) is 18.0. The van der Waals surface area contributed by atoms with Gasteiger partial charge in [0.05, 0.1) is 11.1 Å². The van der Waals surface area contributed by atoms with Crippen molar-refractivity contribution in [2.24, 2.45) is 0 Å². The number of ether oxygens (including phenoxy) is 1. The van der Waals surface area contributed by atoms with Crippen LogP contribution >= 0.6 is 0 Å². The lowest BCUT2D eigenvalue weighted by atomic mass is 9.66. The fourth-order valence-electron chi connectivity index (χ4n) is 11.4. The summed E-state index contributed by atoms with van der Waals surface area (Å²) < 4.78 is 6.93. The second kappa shape index (κ2) is 13.8. The molecule has 2 nitrogen and oxygen atoms in total. The number of hydrogen-bond acceptors (Lipinski definition) is 2. The number of rotatable bonds is 5. The fraction of sp³-hybridized carbons (Fsp3) is 0.0645. The summed E-state index contributed by atoms with van der Waals surface area (Å²) in [4.78, 5) is 2.49. The first-order valence-corrected chi connectivity index (χ1v) is 22.3. The Morgan fingerprint density at radius 2 is 0.922 bits per heavy atom. The van der Waals surface area contributed by atoms with Crippen molar-refractivity contribution in [3.8, 4) is 56.0 Å². The minimum atomic E-state index is -0.592. The summed E-state index contributed by atoms with van der Waals surface area (Å²) in [5, 5.41) is 2.55. The summed E-state index contributed by atoms with van der Waals surface area (Å²) in [6, 6.07) is 82.6. The minimum Gasteiger partial charge on any atom is -0.457 e. The lowest BCUT2D eigenvalue weighted by Gasteiger charge is -2.41. The number of hydrogen-bond donors (Lipinski definition) is 0. The molecule has 2 aliphatic carbocycles. The molecule has 1 aliphatic heterocycles. The zero-order chi connectivity index (χ0) is 42.6. The Labute approximate surface area is 374 Å². The zero-order valence-corrected chi connectivity index (χ0v) is 35.7. The monoisotopic (exact) mass is 817 g/mol. The Hall–Kier alpha value is -7.94. The van der Waals surface area contributed by atoms with Crippen molar-refractivity contribution >= 4 is 27.8 Å². The molecule has 3 aliphatic rings. The molecule has 1 spiro atoms. The number of benzene rings is 10. The predicted molar refractivity (Wildman–Crippen MR) is 264 cm³/mol. The summed E-state index contributed by atoms with van der Waals surface area (Å²) in [7, 11) is 0. The largest absolute Gasteiger partial charge is 0.457 e. The number of fused-ring (bicyclic) bond motifs is 11. The number of para-hydroxylation sites is 1. The van der Waals surface area contributed by atoms with E-state index in [0.717, 1.165) is 39.7 Å². The van der Waals surface area contributed by atoms with E-state index < -0.39 is 5.41 Å². The van der Waals surface area contributed by atoms with Crippen molar-refractivity contribution in [1.82, 2.24) is 0 Å². The Morgan fingerprint density at radius 3 is 1.64 bits per heavy atom. The maximum Gasteiger partial charge on any atom is 0.132 e. The molecule has 0 aromatic heterocycles. The smallest absolute Gasteiger partial charge is 0.132 e. The highest BCUT2D eigenvalue weighted by Crippen LogP contribution is 2.63. The van der Waals surface area contributed by atoms with Gasteiger partial charge in [-0.05, 0) is 121 Å². The molecule has 0 radical (unpaired) electrons. The second-order valence-corrected chi connectivity index (χ2v) is 18.0. The molecule has 0 unspecified atom stereocenters. The van der Waals surface area contributed by atoms with Crippen molar-refractivity contribution in [3.05, 3.63) is 258 Å². The molecule has 0 amide bonds. The third kappa shape index (κ3) is 5.14. The number of anilines is 3. The quantitative estimate of drug-likeness (QED) is 0.172. The maximum atomic E-state index is 6.93. The van der Waals surface area contributed by atoms with Crippen molar-refractivity contribution in [3.63, 3.8) is 0 Å². The van der Waals surface area contributed by atoms with E-state index in [4.69, 9.17) is 4.74 Å². The highest BCUT2D eigenvalue weighted by molar-refractivity contribution is 6.10. The number of nitrogens with zero attached hydrogens (tertiary/aromatic N) is 1. The molecular formula is C62H43NO. The van der Waals surface area contributed by atoms with E-state index in [9.17, 15) is 0 Å². The molecular weight excluding hydrogens is 775 g/mol. The van der Waals surface area contributed by atoms with Crippen LogP contribution in [0.25, 0.3) is 55.3 Å². The molecule has 10 aromatic carbocycles. The van der Waals surface area contributed by atoms with E-state index in [0.29, 0.717) is 0 Å². The van der Waals surface area contributed by atoms with Gasteiger partial charge in [-0.3, -0.25) is 0 Å². The topological polar surface area (TPSA) is 12.5 Å². The maximum absolute atomic E-state index is 6.93. The van der Waals surface area contributed by atoms with Gasteiger partial charge in [0.15, 0.2) is 0 Å². The minimum absolute atomic E-state index is 0.237. The molecule has 13 rings (SSSR count). The van der Waals surface area contributed by atoms with E-state index in [1.807, 2.05) is 0 Å². The van der Waals surface area contributed by atoms with Gasteiger partial charge in [-0.25, -0.2) is 0 Å². The van der Waals surface area contributed by atoms with Crippen LogP contribution < -0.4 is 9.64 Å². The lowest BCUT2D eigenvalue weighted by Crippen LogP contribution is -2.32. The molecule has 0 atom stereocenters. The van der Waals surface area contributed by atoms with Crippen molar-refractivity contribution in [1.29, 1.82) is 0 Å². The summed E-state index contributed by atoms with van der Waals surface area (Å²) in [6.45, 7) is 4.78. The third-order valence-corrected chi connectivity index (χ3v) is 14.3. The average molecular weight is 818 g/mol. The molecule has 0 saturated carbocycles. The molecule has 0 N–H and O–H groups in total. The van der Waals surface area contributed by atoms with Gasteiger partial charge in [-0.2, -0.15) is 0 Å². The summed E-state index contributed by atoms with van der Waals surface area (Å²) in [5.74, 6) is 1.76. The molecule has 2 heteroatoms. The van der Waals surface area contributed by atoms with Crippen molar-refractivity contribution in [2.45, 2.75) is 24.7 Å². The molecule has 10 aromatic rings. The third-order valence-electron chi connectivity index (χ3n) is 14.3. The van der Waals surface area contributed by atoms with Crippen LogP contribution in [-0.4, -0.2) is 0 Å². The Morgan fingerprint density at radius 1 is 0.359 bits per heavy atom. The van der Waals surface area contributed by atoms with E-state index >= 15 is 0 Å². The van der Waals surface area contributed by atoms with E-state index in [2.05, 4.69) is 243 Å². The Balaban J connectivity index is 1.10. The lowest BCUT2D eigenvalue weighted by molar-refractivity contribution is 0.436. The van der Waals surface area contributed by atoms with Gasteiger partial charge in [0, 0.05) is 33.5 Å². The van der Waals surface area contributed by atoms with Crippen LogP contribution in [0.2, 0.25) is 0 Å². The van der Waals surface area contributed by atoms with Gasteiger partial charge >= 0.3 is 0 Å². The average Bonchev–Trinajstić information content (AvgIpc) is 3.65. The van der Waals surface area contributed by atoms with Gasteiger partial charge in [-0.15, -0.1) is 0 Å². The molecule has 0 saturated heterocycles. The van der Waals surface area contributed by atoms with Crippen LogP contribution in [0.5, 0.6) is 11.5 Å². The molecule has 64 heavy (non-hydrogen) atoms. The van der Waals surface area contributed by atoms with Crippen molar-refractivity contribution < 1.29 is 4.74 Å². The van der Waals surface area contributed by atoms with Gasteiger partial charge in [0.1, 0.15) is 11.5 Å². The van der Waals surface area contributed by atoms with Crippen LogP contribution in [0, 0.1) is 0 Å². The first-order chi connectivity index (χ1) is 31.5. The Bertz CT molecular complexity index is 3450. The fourth-order valence-corrected chi connectivity index (χ4v) is 11.4. The van der Waals surface area contributed by atoms with Crippen LogP contribution in [0.1, 0.15) is 47.2 Å². The predicted octanol–water partition coefficient (Wildman–Crippen LogP) is 16.4. The highest BCUT2D eigenvalue weighted by Gasteiger charge is 2.51. The summed E-state index contributed by atoms with van der Waals surface area (Å²) in [6.07, 6.45) is 0. The summed E-state index contributed by atoms with van der Waals surface area (Å²) in [5.41, 5.74) is 19.8.